The molecule has 0 fully saturated rings. The number of carbonyl (C=O) groups excluding carboxylic acids is 1. The molecule has 2 aromatic carbocycles. The highest BCUT2D eigenvalue weighted by Crippen LogP contribution is 2.22. The Balaban J connectivity index is 1.89. The second-order valence-corrected chi connectivity index (χ2v) is 5.10. The molecular formula is C17H17ClO3. The fraction of sp³-hybridized carbons (Fsp3) is 0.235. The quantitative estimate of drug-likeness (QED) is 0.589. The fourth-order valence-corrected chi connectivity index (χ4v) is 2.19. The minimum atomic E-state index is -0.0138. The van der Waals surface area contributed by atoms with E-state index in [4.69, 9.17) is 21.1 Å². The van der Waals surface area contributed by atoms with E-state index in [1.54, 1.807) is 18.2 Å². The SMILES string of the molecule is CC(=O)c1ccccc1OCCOc1ccc(Cl)cc1C. The largest absolute Gasteiger partial charge is 0.490 e. The third-order valence-electron chi connectivity index (χ3n) is 3.00. The normalized spacial score (nSPS) is 10.2. The highest BCUT2D eigenvalue weighted by atomic mass is 35.5. The topological polar surface area (TPSA) is 35.5 Å². The van der Waals surface area contributed by atoms with E-state index >= 15 is 0 Å². The van der Waals surface area contributed by atoms with Crippen LogP contribution in [0.3, 0.4) is 0 Å². The van der Waals surface area contributed by atoms with Gasteiger partial charge in [0.15, 0.2) is 5.78 Å². The van der Waals surface area contributed by atoms with Crippen LogP contribution in [0.4, 0.5) is 0 Å². The summed E-state index contributed by atoms with van der Waals surface area (Å²) in [4.78, 5) is 11.5. The number of hydrogen-bond acceptors (Lipinski definition) is 3. The Kier molecular flexibility index (Phi) is 5.23. The van der Waals surface area contributed by atoms with E-state index in [1.165, 1.54) is 6.92 Å². The summed E-state index contributed by atoms with van der Waals surface area (Å²) < 4.78 is 11.3. The molecule has 0 N–H and O–H groups in total. The Labute approximate surface area is 129 Å². The van der Waals surface area contributed by atoms with Crippen molar-refractivity contribution in [2.45, 2.75) is 13.8 Å². The second kappa shape index (κ2) is 7.14. The smallest absolute Gasteiger partial charge is 0.163 e. The van der Waals surface area contributed by atoms with Crippen LogP contribution in [-0.4, -0.2) is 19.0 Å². The van der Waals surface area contributed by atoms with Crippen molar-refractivity contribution in [3.8, 4) is 11.5 Å². The average molecular weight is 305 g/mol. The van der Waals surface area contributed by atoms with Gasteiger partial charge in [0.05, 0.1) is 5.56 Å². The summed E-state index contributed by atoms with van der Waals surface area (Å²) in [5, 5.41) is 0.687. The van der Waals surface area contributed by atoms with Crippen molar-refractivity contribution in [2.24, 2.45) is 0 Å². The average Bonchev–Trinajstić information content (AvgIpc) is 2.45. The van der Waals surface area contributed by atoms with Gasteiger partial charge < -0.3 is 9.47 Å². The van der Waals surface area contributed by atoms with Gasteiger partial charge in [-0.1, -0.05) is 23.7 Å². The van der Waals surface area contributed by atoms with E-state index in [2.05, 4.69) is 0 Å². The summed E-state index contributed by atoms with van der Waals surface area (Å²) in [6.07, 6.45) is 0. The number of ether oxygens (including phenoxy) is 2. The zero-order valence-electron chi connectivity index (χ0n) is 12.1. The summed E-state index contributed by atoms with van der Waals surface area (Å²) in [5.41, 5.74) is 1.56. The van der Waals surface area contributed by atoms with Crippen LogP contribution >= 0.6 is 11.6 Å². The summed E-state index contributed by atoms with van der Waals surface area (Å²) in [6, 6.07) is 12.7. The first-order valence-electron chi connectivity index (χ1n) is 6.69. The molecule has 0 atom stereocenters. The minimum Gasteiger partial charge on any atom is -0.490 e. The van der Waals surface area contributed by atoms with Gasteiger partial charge in [0.25, 0.3) is 0 Å². The molecule has 4 heteroatoms. The van der Waals surface area contributed by atoms with Crippen LogP contribution in [0.25, 0.3) is 0 Å². The van der Waals surface area contributed by atoms with Crippen molar-refractivity contribution in [3.05, 3.63) is 58.6 Å². The zero-order chi connectivity index (χ0) is 15.2. The van der Waals surface area contributed by atoms with Crippen molar-refractivity contribution in [3.63, 3.8) is 0 Å². The molecule has 0 aromatic heterocycles. The van der Waals surface area contributed by atoms with E-state index < -0.39 is 0 Å². The lowest BCUT2D eigenvalue weighted by atomic mass is 10.1. The molecule has 0 saturated heterocycles. The van der Waals surface area contributed by atoms with E-state index in [-0.39, 0.29) is 5.78 Å². The molecule has 0 spiro atoms. The molecule has 3 nitrogen and oxygen atoms in total. The van der Waals surface area contributed by atoms with Crippen molar-refractivity contribution < 1.29 is 14.3 Å². The lowest BCUT2D eigenvalue weighted by Gasteiger charge is -2.12. The molecule has 0 radical (unpaired) electrons. The van der Waals surface area contributed by atoms with Crippen LogP contribution in [0.1, 0.15) is 22.8 Å². The Bertz CT molecular complexity index is 638. The number of ketones is 1. The molecule has 21 heavy (non-hydrogen) atoms. The van der Waals surface area contributed by atoms with Crippen molar-refractivity contribution in [1.82, 2.24) is 0 Å². The van der Waals surface area contributed by atoms with Gasteiger partial charge in [-0.3, -0.25) is 4.79 Å². The van der Waals surface area contributed by atoms with Gasteiger partial charge in [0.2, 0.25) is 0 Å². The van der Waals surface area contributed by atoms with Crippen LogP contribution in [0, 0.1) is 6.92 Å². The molecule has 0 aliphatic heterocycles. The van der Waals surface area contributed by atoms with Gasteiger partial charge in [0.1, 0.15) is 24.7 Å². The van der Waals surface area contributed by atoms with E-state index in [1.807, 2.05) is 31.2 Å². The highest BCUT2D eigenvalue weighted by molar-refractivity contribution is 6.30. The van der Waals surface area contributed by atoms with Gasteiger partial charge in [-0.25, -0.2) is 0 Å². The monoisotopic (exact) mass is 304 g/mol. The van der Waals surface area contributed by atoms with Gasteiger partial charge in [-0.2, -0.15) is 0 Å². The Morgan fingerprint density at radius 1 is 1.05 bits per heavy atom. The first-order valence-corrected chi connectivity index (χ1v) is 7.07. The van der Waals surface area contributed by atoms with Crippen molar-refractivity contribution in [1.29, 1.82) is 0 Å². The summed E-state index contributed by atoms with van der Waals surface area (Å²) in [7, 11) is 0. The maximum absolute atomic E-state index is 11.5. The molecule has 0 amide bonds. The second-order valence-electron chi connectivity index (χ2n) is 4.66. The van der Waals surface area contributed by atoms with Crippen LogP contribution in [0.5, 0.6) is 11.5 Å². The lowest BCUT2D eigenvalue weighted by molar-refractivity contribution is 0.101. The van der Waals surface area contributed by atoms with Crippen molar-refractivity contribution >= 4 is 17.4 Å². The third-order valence-corrected chi connectivity index (χ3v) is 3.24. The van der Waals surface area contributed by atoms with E-state index in [0.29, 0.717) is 29.5 Å². The molecule has 2 aromatic rings. The predicted molar refractivity (Wildman–Crippen MR) is 83.6 cm³/mol. The van der Waals surface area contributed by atoms with Crippen LogP contribution in [-0.2, 0) is 0 Å². The molecule has 0 saturated carbocycles. The van der Waals surface area contributed by atoms with Crippen LogP contribution in [0.2, 0.25) is 5.02 Å². The Morgan fingerprint density at radius 3 is 2.38 bits per heavy atom. The fourth-order valence-electron chi connectivity index (χ4n) is 1.96. The first kappa shape index (κ1) is 15.4. The Morgan fingerprint density at radius 2 is 1.71 bits per heavy atom. The van der Waals surface area contributed by atoms with Crippen LogP contribution in [0.15, 0.2) is 42.5 Å². The molecule has 110 valence electrons. The number of benzene rings is 2. The highest BCUT2D eigenvalue weighted by Gasteiger charge is 2.07. The number of aryl methyl sites for hydroxylation is 1. The number of carbonyl (C=O) groups is 1. The van der Waals surface area contributed by atoms with Gasteiger partial charge in [-0.05, 0) is 49.7 Å². The number of hydrogen-bond donors (Lipinski definition) is 0. The number of rotatable bonds is 6. The molecule has 0 aliphatic carbocycles. The van der Waals surface area contributed by atoms with Gasteiger partial charge in [0, 0.05) is 5.02 Å². The predicted octanol–water partition coefficient (Wildman–Crippen LogP) is 4.31. The number of para-hydroxylation sites is 1. The maximum atomic E-state index is 11.5. The van der Waals surface area contributed by atoms with Gasteiger partial charge in [-0.15, -0.1) is 0 Å². The van der Waals surface area contributed by atoms with E-state index in [0.717, 1.165) is 11.3 Å². The zero-order valence-corrected chi connectivity index (χ0v) is 12.8. The number of halogens is 1. The first-order chi connectivity index (χ1) is 10.1. The molecule has 0 heterocycles. The molecule has 0 aliphatic rings. The Hall–Kier alpha value is -2.00. The summed E-state index contributed by atoms with van der Waals surface area (Å²) in [6.45, 7) is 4.23. The molecule has 2 rings (SSSR count). The molecular weight excluding hydrogens is 288 g/mol. The maximum Gasteiger partial charge on any atom is 0.163 e. The lowest BCUT2D eigenvalue weighted by Crippen LogP contribution is -2.11. The molecule has 0 unspecified atom stereocenters. The molecule has 0 bridgehead atoms. The van der Waals surface area contributed by atoms with Gasteiger partial charge >= 0.3 is 0 Å². The standard InChI is InChI=1S/C17H17ClO3/c1-12-11-14(18)7-8-16(12)20-9-10-21-17-6-4-3-5-15(17)13(2)19/h3-8,11H,9-10H2,1-2H3. The van der Waals surface area contributed by atoms with E-state index in [9.17, 15) is 4.79 Å². The van der Waals surface area contributed by atoms with Crippen molar-refractivity contribution in [2.75, 3.05) is 13.2 Å². The number of Topliss-reactive ketones (excluding diaryl/α,β-unsaturated/α-hetero) is 1. The summed E-state index contributed by atoms with van der Waals surface area (Å²) in [5.74, 6) is 1.35. The minimum absolute atomic E-state index is 0.0138. The van der Waals surface area contributed by atoms with Crippen LogP contribution < -0.4 is 9.47 Å². The third kappa shape index (κ3) is 4.23. The summed E-state index contributed by atoms with van der Waals surface area (Å²) >= 11 is 5.89.